The highest BCUT2D eigenvalue weighted by molar-refractivity contribution is 6.42. The SMILES string of the molecule is CC(=O)O[C@@H](C)c1cc(Cl)c(O[C@@H]2CCN(c3ccc(C4=C(C(=O)N(Cc5cccc(Cl)c5Cl)C5CC5)[C@@H]5CNC[C@H](C4)N5)cc3)C2)c(Cl)c1. The molecule has 0 aromatic heterocycles. The molecule has 7 rings (SSSR count). The summed E-state index contributed by atoms with van der Waals surface area (Å²) in [7, 11) is 0. The molecule has 2 N–H and O–H groups in total. The van der Waals surface area contributed by atoms with Gasteiger partial charge in [0.05, 0.1) is 32.7 Å². The van der Waals surface area contributed by atoms with E-state index in [9.17, 15) is 9.59 Å². The molecule has 0 spiro atoms. The van der Waals surface area contributed by atoms with Gasteiger partial charge in [0.2, 0.25) is 0 Å². The van der Waals surface area contributed by atoms with Crippen molar-refractivity contribution in [2.24, 2.45) is 0 Å². The molecule has 4 aliphatic rings. The van der Waals surface area contributed by atoms with E-state index in [4.69, 9.17) is 55.9 Å². The van der Waals surface area contributed by atoms with E-state index >= 15 is 0 Å². The van der Waals surface area contributed by atoms with Gasteiger partial charge in [0.25, 0.3) is 5.91 Å². The van der Waals surface area contributed by atoms with Crippen molar-refractivity contribution in [2.75, 3.05) is 31.1 Å². The summed E-state index contributed by atoms with van der Waals surface area (Å²) in [6.07, 6.45) is 2.96. The average molecular weight is 759 g/mol. The molecule has 0 unspecified atom stereocenters. The molecule has 1 amide bonds. The van der Waals surface area contributed by atoms with Crippen molar-refractivity contribution in [3.8, 4) is 5.75 Å². The monoisotopic (exact) mass is 756 g/mol. The van der Waals surface area contributed by atoms with Gasteiger partial charge in [-0.05, 0) is 78.8 Å². The van der Waals surface area contributed by atoms with E-state index in [0.717, 1.165) is 66.7 Å². The molecule has 264 valence electrons. The molecular weight excluding hydrogens is 718 g/mol. The summed E-state index contributed by atoms with van der Waals surface area (Å²) >= 11 is 26.1. The lowest BCUT2D eigenvalue weighted by Crippen LogP contribution is -2.60. The van der Waals surface area contributed by atoms with Crippen LogP contribution >= 0.6 is 46.4 Å². The minimum absolute atomic E-state index is 0.0630. The summed E-state index contributed by atoms with van der Waals surface area (Å²) < 4.78 is 11.6. The largest absolute Gasteiger partial charge is 0.485 e. The quantitative estimate of drug-likeness (QED) is 0.204. The van der Waals surface area contributed by atoms with Crippen molar-refractivity contribution in [2.45, 2.75) is 76.4 Å². The molecule has 4 atom stereocenters. The topological polar surface area (TPSA) is 83.1 Å². The summed E-state index contributed by atoms with van der Waals surface area (Å²) in [5, 5.41) is 8.99. The van der Waals surface area contributed by atoms with Crippen LogP contribution < -0.4 is 20.3 Å². The number of nitrogens with one attached hydrogen (secondary N) is 2. The second-order valence-corrected chi connectivity index (χ2v) is 15.2. The highest BCUT2D eigenvalue weighted by Gasteiger charge is 2.41. The summed E-state index contributed by atoms with van der Waals surface area (Å²) in [5.74, 6) is 0.122. The van der Waals surface area contributed by atoms with Gasteiger partial charge in [0.15, 0.2) is 5.75 Å². The van der Waals surface area contributed by atoms with Crippen LogP contribution in [0.5, 0.6) is 5.75 Å². The van der Waals surface area contributed by atoms with Gasteiger partial charge >= 0.3 is 5.97 Å². The molecule has 3 heterocycles. The third-order valence-electron chi connectivity index (χ3n) is 9.99. The Morgan fingerprint density at radius 2 is 1.72 bits per heavy atom. The van der Waals surface area contributed by atoms with Gasteiger partial charge in [-0.1, -0.05) is 70.7 Å². The standard InChI is InChI=1S/C38H40Cl4N4O4/c1-21(49-22(2)47)25-14-32(40)37(33(41)15-25)50-29-12-13-45(20-29)27-8-6-23(7-9-27)30-16-26-17-43-18-34(44-26)35(30)38(48)46(28-10-11-28)19-24-4-3-5-31(39)36(24)42/h3-9,14-15,21,26,28-29,34,43-44H,10-13,16-20H2,1-2H3/t21-,26-,29+,34-/m0/s1. The van der Waals surface area contributed by atoms with Gasteiger partial charge in [0, 0.05) is 62.9 Å². The third kappa shape index (κ3) is 7.62. The van der Waals surface area contributed by atoms with Crippen LogP contribution in [0.25, 0.3) is 5.57 Å². The minimum Gasteiger partial charge on any atom is -0.485 e. The lowest BCUT2D eigenvalue weighted by atomic mass is 9.83. The van der Waals surface area contributed by atoms with Crippen LogP contribution in [-0.4, -0.2) is 67.2 Å². The van der Waals surface area contributed by atoms with Gasteiger partial charge in [-0.3, -0.25) is 9.59 Å². The van der Waals surface area contributed by atoms with Crippen molar-refractivity contribution < 1.29 is 19.1 Å². The molecule has 50 heavy (non-hydrogen) atoms. The summed E-state index contributed by atoms with van der Waals surface area (Å²) in [6.45, 7) is 6.62. The van der Waals surface area contributed by atoms with Crippen LogP contribution in [0.4, 0.5) is 5.69 Å². The smallest absolute Gasteiger partial charge is 0.303 e. The van der Waals surface area contributed by atoms with Crippen LogP contribution in [0, 0.1) is 0 Å². The normalized spacial score (nSPS) is 22.4. The molecule has 3 aliphatic heterocycles. The van der Waals surface area contributed by atoms with Crippen LogP contribution in [0.15, 0.2) is 60.2 Å². The van der Waals surface area contributed by atoms with E-state index < -0.39 is 6.10 Å². The molecule has 1 saturated carbocycles. The van der Waals surface area contributed by atoms with E-state index in [1.54, 1.807) is 25.1 Å². The second kappa shape index (κ2) is 14.9. The molecule has 2 bridgehead atoms. The maximum Gasteiger partial charge on any atom is 0.303 e. The Balaban J connectivity index is 1.09. The number of piperazine rings is 1. The number of hydrogen-bond donors (Lipinski definition) is 2. The number of anilines is 1. The molecule has 8 nitrogen and oxygen atoms in total. The molecule has 3 aromatic carbocycles. The fourth-order valence-corrected chi connectivity index (χ4v) is 8.32. The number of nitrogens with zero attached hydrogens (tertiary/aromatic N) is 2. The Morgan fingerprint density at radius 3 is 2.42 bits per heavy atom. The number of carbonyl (C=O) groups excluding carboxylic acids is 2. The number of rotatable bonds is 10. The second-order valence-electron chi connectivity index (χ2n) is 13.6. The lowest BCUT2D eigenvalue weighted by Gasteiger charge is -2.41. The van der Waals surface area contributed by atoms with Gasteiger partial charge in [-0.2, -0.15) is 0 Å². The van der Waals surface area contributed by atoms with Gasteiger partial charge < -0.3 is 29.9 Å². The first kappa shape index (κ1) is 35.4. The minimum atomic E-state index is -0.474. The Kier molecular flexibility index (Phi) is 10.6. The fourth-order valence-electron chi connectivity index (χ4n) is 7.34. The van der Waals surface area contributed by atoms with Gasteiger partial charge in [0.1, 0.15) is 12.2 Å². The van der Waals surface area contributed by atoms with Gasteiger partial charge in [-0.15, -0.1) is 0 Å². The fraction of sp³-hybridized carbons (Fsp3) is 0.421. The highest BCUT2D eigenvalue weighted by Crippen LogP contribution is 2.40. The van der Waals surface area contributed by atoms with E-state index in [2.05, 4.69) is 39.8 Å². The number of halogens is 4. The Hall–Kier alpha value is -2.98. The zero-order valence-electron chi connectivity index (χ0n) is 28.0. The maximum atomic E-state index is 14.5. The first-order chi connectivity index (χ1) is 24.0. The van der Waals surface area contributed by atoms with Crippen LogP contribution in [0.2, 0.25) is 20.1 Å². The Labute approximate surface area is 313 Å². The van der Waals surface area contributed by atoms with Crippen molar-refractivity contribution in [3.63, 3.8) is 0 Å². The molecule has 1 aliphatic carbocycles. The van der Waals surface area contributed by atoms with Crippen molar-refractivity contribution >= 4 is 69.5 Å². The molecule has 12 heteroatoms. The molecule has 3 aromatic rings. The summed E-state index contributed by atoms with van der Waals surface area (Å²) in [6, 6.07) is 18.0. The predicted molar refractivity (Wildman–Crippen MR) is 199 cm³/mol. The average Bonchev–Trinajstić information content (AvgIpc) is 3.82. The van der Waals surface area contributed by atoms with Crippen molar-refractivity contribution in [1.82, 2.24) is 15.5 Å². The van der Waals surface area contributed by atoms with Crippen LogP contribution in [-0.2, 0) is 20.9 Å². The Bertz CT molecular complexity index is 1790. The number of hydrogen-bond acceptors (Lipinski definition) is 7. The van der Waals surface area contributed by atoms with Crippen molar-refractivity contribution in [1.29, 1.82) is 0 Å². The maximum absolute atomic E-state index is 14.5. The molecule has 0 radical (unpaired) electrons. The third-order valence-corrected chi connectivity index (χ3v) is 11.4. The Morgan fingerprint density at radius 1 is 0.980 bits per heavy atom. The number of esters is 1. The highest BCUT2D eigenvalue weighted by atomic mass is 35.5. The molecule has 2 saturated heterocycles. The number of fused-ring (bicyclic) bond motifs is 2. The zero-order valence-corrected chi connectivity index (χ0v) is 31.0. The van der Waals surface area contributed by atoms with E-state index in [1.165, 1.54) is 6.92 Å². The van der Waals surface area contributed by atoms with E-state index in [0.29, 0.717) is 51.0 Å². The lowest BCUT2D eigenvalue weighted by molar-refractivity contribution is -0.145. The van der Waals surface area contributed by atoms with Crippen molar-refractivity contribution in [3.05, 3.63) is 97.0 Å². The predicted octanol–water partition coefficient (Wildman–Crippen LogP) is 7.86. The zero-order chi connectivity index (χ0) is 35.1. The van der Waals surface area contributed by atoms with Crippen LogP contribution in [0.3, 0.4) is 0 Å². The first-order valence-corrected chi connectivity index (χ1v) is 18.7. The van der Waals surface area contributed by atoms with E-state index in [1.807, 2.05) is 17.0 Å². The molecular formula is C38H40Cl4N4O4. The number of ether oxygens (including phenoxy) is 2. The number of carbonyl (C=O) groups is 2. The van der Waals surface area contributed by atoms with Gasteiger partial charge in [-0.25, -0.2) is 0 Å². The molecule has 3 fully saturated rings. The van der Waals surface area contributed by atoms with Crippen LogP contribution in [0.1, 0.15) is 62.3 Å². The van der Waals surface area contributed by atoms with E-state index in [-0.39, 0.29) is 36.1 Å². The first-order valence-electron chi connectivity index (χ1n) is 17.2. The summed E-state index contributed by atoms with van der Waals surface area (Å²) in [4.78, 5) is 30.2. The summed E-state index contributed by atoms with van der Waals surface area (Å²) in [5.41, 5.74) is 5.66. The number of amides is 1. The number of benzene rings is 3.